The number of carbonyl (C=O) groups excluding carboxylic acids is 1. The van der Waals surface area contributed by atoms with Crippen molar-refractivity contribution in [1.82, 2.24) is 14.7 Å². The molecule has 0 aliphatic carbocycles. The third-order valence-corrected chi connectivity index (χ3v) is 3.66. The van der Waals surface area contributed by atoms with Crippen molar-refractivity contribution in [2.24, 2.45) is 0 Å². The van der Waals surface area contributed by atoms with Gasteiger partial charge in [-0.3, -0.25) is 4.90 Å². The number of urea groups is 1. The van der Waals surface area contributed by atoms with E-state index in [2.05, 4.69) is 18.7 Å². The van der Waals surface area contributed by atoms with Crippen LogP contribution in [0.15, 0.2) is 0 Å². The lowest BCUT2D eigenvalue weighted by molar-refractivity contribution is -0.0582. The molecule has 2 saturated heterocycles. The van der Waals surface area contributed by atoms with Crippen molar-refractivity contribution in [2.45, 2.75) is 32.0 Å². The second-order valence-corrected chi connectivity index (χ2v) is 5.39. The highest BCUT2D eigenvalue weighted by Gasteiger charge is 2.42. The predicted molar refractivity (Wildman–Crippen MR) is 66.0 cm³/mol. The van der Waals surface area contributed by atoms with Crippen LogP contribution in [0.3, 0.4) is 0 Å². The molecule has 5 nitrogen and oxygen atoms in total. The number of ether oxygens (including phenoxy) is 1. The van der Waals surface area contributed by atoms with E-state index in [1.165, 1.54) is 0 Å². The maximum Gasteiger partial charge on any atom is 0.319 e. The molecule has 0 unspecified atom stereocenters. The van der Waals surface area contributed by atoms with Crippen LogP contribution < -0.4 is 0 Å². The smallest absolute Gasteiger partial charge is 0.319 e. The van der Waals surface area contributed by atoms with Crippen molar-refractivity contribution in [3.8, 4) is 0 Å². The Kier molecular flexibility index (Phi) is 3.58. The predicted octanol–water partition coefficient (Wildman–Crippen LogP) is 0.461. The van der Waals surface area contributed by atoms with E-state index in [4.69, 9.17) is 4.74 Å². The Hall–Kier alpha value is -0.810. The van der Waals surface area contributed by atoms with Crippen molar-refractivity contribution >= 4 is 6.03 Å². The maximum absolute atomic E-state index is 11.9. The first kappa shape index (κ1) is 12.6. The third kappa shape index (κ3) is 2.40. The first-order valence-electron chi connectivity index (χ1n) is 6.34. The third-order valence-electron chi connectivity index (χ3n) is 3.66. The second kappa shape index (κ2) is 4.82. The molecule has 2 atom stereocenters. The molecule has 0 saturated carbocycles. The van der Waals surface area contributed by atoms with Crippen LogP contribution in [0.4, 0.5) is 4.79 Å². The number of carbonyl (C=O) groups is 1. The van der Waals surface area contributed by atoms with E-state index in [1.54, 1.807) is 19.0 Å². The average molecular weight is 241 g/mol. The van der Waals surface area contributed by atoms with Gasteiger partial charge in [-0.15, -0.1) is 0 Å². The van der Waals surface area contributed by atoms with Crippen molar-refractivity contribution in [3.63, 3.8) is 0 Å². The molecule has 17 heavy (non-hydrogen) atoms. The fourth-order valence-electron chi connectivity index (χ4n) is 2.79. The van der Waals surface area contributed by atoms with Crippen LogP contribution >= 0.6 is 0 Å². The van der Waals surface area contributed by atoms with E-state index in [9.17, 15) is 4.79 Å². The number of hydrogen-bond donors (Lipinski definition) is 0. The zero-order chi connectivity index (χ0) is 12.6. The highest BCUT2D eigenvalue weighted by molar-refractivity contribution is 5.74. The number of morpholine rings is 1. The molecule has 5 heteroatoms. The average Bonchev–Trinajstić information content (AvgIpc) is 2.70. The molecular formula is C12H23N3O2. The quantitative estimate of drug-likeness (QED) is 0.669. The SMILES string of the molecule is CC(C)N1CCO[C@H]2CN(C(=O)N(C)C)C[C@@H]21. The molecule has 0 N–H and O–H groups in total. The monoisotopic (exact) mass is 241 g/mol. The summed E-state index contributed by atoms with van der Waals surface area (Å²) in [5.41, 5.74) is 0. The van der Waals surface area contributed by atoms with Crippen LogP contribution in [0.2, 0.25) is 0 Å². The van der Waals surface area contributed by atoms with E-state index < -0.39 is 0 Å². The van der Waals surface area contributed by atoms with Crippen LogP contribution in [0.1, 0.15) is 13.8 Å². The minimum absolute atomic E-state index is 0.0895. The minimum atomic E-state index is 0.0895. The van der Waals surface area contributed by atoms with E-state index in [0.717, 1.165) is 26.2 Å². The summed E-state index contributed by atoms with van der Waals surface area (Å²) in [7, 11) is 3.59. The van der Waals surface area contributed by atoms with E-state index in [1.807, 2.05) is 4.90 Å². The summed E-state index contributed by atoms with van der Waals surface area (Å²) in [5, 5.41) is 0. The Morgan fingerprint density at radius 2 is 2.06 bits per heavy atom. The largest absolute Gasteiger partial charge is 0.373 e. The van der Waals surface area contributed by atoms with Gasteiger partial charge in [0.15, 0.2) is 0 Å². The molecule has 2 fully saturated rings. The summed E-state index contributed by atoms with van der Waals surface area (Å²) in [6, 6.07) is 0.972. The van der Waals surface area contributed by atoms with Gasteiger partial charge in [0.25, 0.3) is 0 Å². The molecule has 2 aliphatic heterocycles. The van der Waals surface area contributed by atoms with Crippen molar-refractivity contribution in [3.05, 3.63) is 0 Å². The van der Waals surface area contributed by atoms with Crippen LogP contribution in [0.5, 0.6) is 0 Å². The van der Waals surface area contributed by atoms with Gasteiger partial charge in [-0.1, -0.05) is 0 Å². The lowest BCUT2D eigenvalue weighted by atomic mass is 10.1. The van der Waals surface area contributed by atoms with Gasteiger partial charge in [-0.05, 0) is 13.8 Å². The van der Waals surface area contributed by atoms with Crippen molar-refractivity contribution in [2.75, 3.05) is 40.3 Å². The Bertz CT molecular complexity index is 293. The van der Waals surface area contributed by atoms with Crippen LogP contribution in [0, 0.1) is 0 Å². The lowest BCUT2D eigenvalue weighted by Crippen LogP contribution is -2.53. The fraction of sp³-hybridized carbons (Fsp3) is 0.917. The lowest BCUT2D eigenvalue weighted by Gasteiger charge is -2.39. The Morgan fingerprint density at radius 1 is 1.35 bits per heavy atom. The van der Waals surface area contributed by atoms with E-state index >= 15 is 0 Å². The first-order chi connectivity index (χ1) is 8.00. The number of amides is 2. The summed E-state index contributed by atoms with van der Waals surface area (Å²) in [6.45, 7) is 7.69. The van der Waals surface area contributed by atoms with Gasteiger partial charge in [0.2, 0.25) is 0 Å². The molecule has 0 radical (unpaired) electrons. The standard InChI is InChI=1S/C12H23N3O2/c1-9(2)15-5-6-17-11-8-14(7-10(11)15)12(16)13(3)4/h9-11H,5-8H2,1-4H3/t10-,11-/m0/s1. The molecular weight excluding hydrogens is 218 g/mol. The van der Waals surface area contributed by atoms with Gasteiger partial charge in [-0.2, -0.15) is 0 Å². The number of hydrogen-bond acceptors (Lipinski definition) is 3. The normalized spacial score (nSPS) is 29.6. The fourth-order valence-corrected chi connectivity index (χ4v) is 2.79. The van der Waals surface area contributed by atoms with Crippen molar-refractivity contribution < 1.29 is 9.53 Å². The van der Waals surface area contributed by atoms with Crippen LogP contribution in [-0.2, 0) is 4.74 Å². The Balaban J connectivity index is 2.05. The highest BCUT2D eigenvalue weighted by Crippen LogP contribution is 2.24. The highest BCUT2D eigenvalue weighted by atomic mass is 16.5. The molecule has 0 spiro atoms. The number of nitrogens with zero attached hydrogens (tertiary/aromatic N) is 3. The molecule has 2 aliphatic rings. The molecule has 0 bridgehead atoms. The number of fused-ring (bicyclic) bond motifs is 1. The van der Waals surface area contributed by atoms with Gasteiger partial charge in [-0.25, -0.2) is 4.79 Å². The van der Waals surface area contributed by atoms with Crippen molar-refractivity contribution in [1.29, 1.82) is 0 Å². The zero-order valence-corrected chi connectivity index (χ0v) is 11.2. The summed E-state index contributed by atoms with van der Waals surface area (Å²) in [5.74, 6) is 0. The van der Waals surface area contributed by atoms with Gasteiger partial charge >= 0.3 is 6.03 Å². The topological polar surface area (TPSA) is 36.0 Å². The van der Waals surface area contributed by atoms with Gasteiger partial charge in [0.05, 0.1) is 25.3 Å². The molecule has 0 aromatic heterocycles. The first-order valence-corrected chi connectivity index (χ1v) is 6.34. The molecule has 2 heterocycles. The molecule has 0 aromatic carbocycles. The van der Waals surface area contributed by atoms with E-state index in [0.29, 0.717) is 12.1 Å². The van der Waals surface area contributed by atoms with E-state index in [-0.39, 0.29) is 12.1 Å². The number of rotatable bonds is 1. The summed E-state index contributed by atoms with van der Waals surface area (Å²) in [6.07, 6.45) is 0.190. The van der Waals surface area contributed by atoms with Gasteiger partial charge in [0.1, 0.15) is 0 Å². The Morgan fingerprint density at radius 3 is 2.65 bits per heavy atom. The summed E-state index contributed by atoms with van der Waals surface area (Å²) < 4.78 is 5.79. The summed E-state index contributed by atoms with van der Waals surface area (Å²) >= 11 is 0. The summed E-state index contributed by atoms with van der Waals surface area (Å²) in [4.78, 5) is 17.9. The minimum Gasteiger partial charge on any atom is -0.373 e. The van der Waals surface area contributed by atoms with Crippen LogP contribution in [0.25, 0.3) is 0 Å². The van der Waals surface area contributed by atoms with Gasteiger partial charge < -0.3 is 14.5 Å². The zero-order valence-electron chi connectivity index (χ0n) is 11.2. The second-order valence-electron chi connectivity index (χ2n) is 5.39. The molecule has 0 aromatic rings. The van der Waals surface area contributed by atoms with Crippen LogP contribution in [-0.4, -0.2) is 79.3 Å². The van der Waals surface area contributed by atoms with Gasteiger partial charge in [0, 0.05) is 33.2 Å². The molecule has 98 valence electrons. The molecule has 2 amide bonds. The molecule has 2 rings (SSSR count). The Labute approximate surface area is 103 Å². The maximum atomic E-state index is 11.9. The number of likely N-dealkylation sites (tertiary alicyclic amines) is 1.